The fraction of sp³-hybridized carbons (Fsp3) is 0.556. The highest BCUT2D eigenvalue weighted by Gasteiger charge is 2.13. The number of amides is 2. The maximum Gasteiger partial charge on any atom is 0.344 e. The molecular formula is C9H16N4O2. The van der Waals surface area contributed by atoms with Gasteiger partial charge in [0, 0.05) is 18.8 Å². The number of aryl methyl sites for hydroxylation is 1. The zero-order valence-corrected chi connectivity index (χ0v) is 9.37. The van der Waals surface area contributed by atoms with Gasteiger partial charge in [0.2, 0.25) is 0 Å². The fourth-order valence-corrected chi connectivity index (χ4v) is 1.25. The Balaban J connectivity index is 2.79. The van der Waals surface area contributed by atoms with Gasteiger partial charge >= 0.3 is 6.03 Å². The summed E-state index contributed by atoms with van der Waals surface area (Å²) in [7, 11) is 3.19. The molecule has 0 aliphatic carbocycles. The van der Waals surface area contributed by atoms with E-state index in [2.05, 4.69) is 20.7 Å². The lowest BCUT2D eigenvalue weighted by atomic mass is 10.1. The van der Waals surface area contributed by atoms with Gasteiger partial charge in [-0.2, -0.15) is 5.10 Å². The number of hydroxylamine groups is 1. The highest BCUT2D eigenvalue weighted by Crippen LogP contribution is 2.21. The number of hydrogen-bond donors (Lipinski definition) is 2. The van der Waals surface area contributed by atoms with Gasteiger partial charge in [-0.25, -0.2) is 10.3 Å². The minimum Gasteiger partial charge on any atom is -0.289 e. The summed E-state index contributed by atoms with van der Waals surface area (Å²) >= 11 is 0. The van der Waals surface area contributed by atoms with E-state index in [-0.39, 0.29) is 0 Å². The average molecular weight is 212 g/mol. The monoisotopic (exact) mass is 212 g/mol. The van der Waals surface area contributed by atoms with E-state index < -0.39 is 6.03 Å². The Kier molecular flexibility index (Phi) is 3.68. The molecule has 0 aromatic carbocycles. The fourth-order valence-electron chi connectivity index (χ4n) is 1.25. The lowest BCUT2D eigenvalue weighted by molar-refractivity contribution is 0.114. The van der Waals surface area contributed by atoms with Crippen molar-refractivity contribution in [1.29, 1.82) is 0 Å². The van der Waals surface area contributed by atoms with Crippen LogP contribution in [0.3, 0.4) is 0 Å². The van der Waals surface area contributed by atoms with Crippen LogP contribution in [0.15, 0.2) is 6.20 Å². The van der Waals surface area contributed by atoms with Gasteiger partial charge in [-0.15, -0.1) is 0 Å². The van der Waals surface area contributed by atoms with Crippen LogP contribution in [0.2, 0.25) is 0 Å². The highest BCUT2D eigenvalue weighted by atomic mass is 16.6. The molecule has 0 aliphatic rings. The molecule has 0 saturated carbocycles. The van der Waals surface area contributed by atoms with E-state index in [9.17, 15) is 4.79 Å². The molecule has 2 N–H and O–H groups in total. The van der Waals surface area contributed by atoms with Gasteiger partial charge in [0.05, 0.1) is 7.11 Å². The molecule has 0 bridgehead atoms. The van der Waals surface area contributed by atoms with Gasteiger partial charge in [0.25, 0.3) is 0 Å². The normalized spacial score (nSPS) is 10.5. The van der Waals surface area contributed by atoms with Gasteiger partial charge < -0.3 is 0 Å². The average Bonchev–Trinajstić information content (AvgIpc) is 2.47. The third kappa shape index (κ3) is 2.95. The van der Waals surface area contributed by atoms with Crippen LogP contribution in [0.5, 0.6) is 0 Å². The van der Waals surface area contributed by atoms with Crippen molar-refractivity contribution in [3.05, 3.63) is 11.8 Å². The van der Waals surface area contributed by atoms with E-state index in [4.69, 9.17) is 0 Å². The van der Waals surface area contributed by atoms with Crippen LogP contribution in [0, 0.1) is 0 Å². The second kappa shape index (κ2) is 4.79. The Morgan fingerprint density at radius 1 is 1.60 bits per heavy atom. The zero-order chi connectivity index (χ0) is 11.4. The molecule has 1 aromatic heterocycles. The molecule has 6 nitrogen and oxygen atoms in total. The molecule has 0 spiro atoms. The topological polar surface area (TPSA) is 68.2 Å². The summed E-state index contributed by atoms with van der Waals surface area (Å²) in [5.41, 5.74) is 3.16. The molecule has 0 saturated heterocycles. The molecule has 0 fully saturated rings. The van der Waals surface area contributed by atoms with Gasteiger partial charge in [0.15, 0.2) is 5.82 Å². The van der Waals surface area contributed by atoms with Crippen molar-refractivity contribution in [3.63, 3.8) is 0 Å². The van der Waals surface area contributed by atoms with E-state index in [1.807, 2.05) is 27.1 Å². The second-order valence-corrected chi connectivity index (χ2v) is 3.52. The van der Waals surface area contributed by atoms with Gasteiger partial charge in [-0.05, 0) is 5.92 Å². The molecule has 0 aliphatic heterocycles. The minimum absolute atomic E-state index is 0.302. The van der Waals surface area contributed by atoms with Crippen LogP contribution < -0.4 is 10.8 Å². The number of carbonyl (C=O) groups excluding carboxylic acids is 1. The Bertz CT molecular complexity index is 346. The molecule has 1 heterocycles. The number of urea groups is 1. The zero-order valence-electron chi connectivity index (χ0n) is 9.37. The Hall–Kier alpha value is -1.56. The van der Waals surface area contributed by atoms with Gasteiger partial charge in [-0.1, -0.05) is 13.8 Å². The van der Waals surface area contributed by atoms with Crippen molar-refractivity contribution >= 4 is 11.8 Å². The van der Waals surface area contributed by atoms with E-state index >= 15 is 0 Å². The van der Waals surface area contributed by atoms with Crippen LogP contribution in [0.1, 0.15) is 25.3 Å². The van der Waals surface area contributed by atoms with Crippen molar-refractivity contribution < 1.29 is 9.63 Å². The molecule has 0 unspecified atom stereocenters. The van der Waals surface area contributed by atoms with E-state index in [1.165, 1.54) is 7.11 Å². The third-order valence-electron chi connectivity index (χ3n) is 1.91. The molecule has 0 radical (unpaired) electrons. The minimum atomic E-state index is -0.432. The SMILES string of the molecule is CONC(=O)Nc1nn(C)cc1C(C)C. The summed E-state index contributed by atoms with van der Waals surface area (Å²) in [6.07, 6.45) is 1.88. The first kappa shape index (κ1) is 11.5. The number of carbonyl (C=O) groups is 1. The van der Waals surface area contributed by atoms with Crippen molar-refractivity contribution in [2.45, 2.75) is 19.8 Å². The first-order valence-corrected chi connectivity index (χ1v) is 4.68. The number of aromatic nitrogens is 2. The summed E-state index contributed by atoms with van der Waals surface area (Å²) in [5.74, 6) is 0.860. The smallest absolute Gasteiger partial charge is 0.289 e. The Morgan fingerprint density at radius 2 is 2.27 bits per heavy atom. The predicted molar refractivity (Wildman–Crippen MR) is 56.5 cm³/mol. The number of rotatable bonds is 3. The quantitative estimate of drug-likeness (QED) is 0.740. The molecule has 0 atom stereocenters. The van der Waals surface area contributed by atoms with E-state index in [0.717, 1.165) is 5.56 Å². The Labute approximate surface area is 88.6 Å². The largest absolute Gasteiger partial charge is 0.344 e. The van der Waals surface area contributed by atoms with Gasteiger partial charge in [-0.3, -0.25) is 14.8 Å². The summed E-state index contributed by atoms with van der Waals surface area (Å²) < 4.78 is 1.66. The van der Waals surface area contributed by atoms with Crippen molar-refractivity contribution in [2.75, 3.05) is 12.4 Å². The molecule has 1 rings (SSSR count). The maximum atomic E-state index is 11.2. The molecular weight excluding hydrogens is 196 g/mol. The summed E-state index contributed by atoms with van der Waals surface area (Å²) in [5, 5.41) is 6.75. The number of anilines is 1. The predicted octanol–water partition coefficient (Wildman–Crippen LogP) is 1.23. The molecule has 1 aromatic rings. The molecule has 15 heavy (non-hydrogen) atoms. The number of hydrogen-bond acceptors (Lipinski definition) is 3. The first-order valence-electron chi connectivity index (χ1n) is 4.68. The summed E-state index contributed by atoms with van der Waals surface area (Å²) in [6, 6.07) is -0.432. The van der Waals surface area contributed by atoms with Crippen LogP contribution >= 0.6 is 0 Å². The summed E-state index contributed by atoms with van der Waals surface area (Å²) in [4.78, 5) is 15.7. The first-order chi connectivity index (χ1) is 7.04. The second-order valence-electron chi connectivity index (χ2n) is 3.52. The lowest BCUT2D eigenvalue weighted by Gasteiger charge is -2.06. The van der Waals surface area contributed by atoms with Crippen LogP contribution in [0.4, 0.5) is 10.6 Å². The van der Waals surface area contributed by atoms with Crippen LogP contribution in [-0.4, -0.2) is 22.9 Å². The lowest BCUT2D eigenvalue weighted by Crippen LogP contribution is -2.28. The van der Waals surface area contributed by atoms with Crippen molar-refractivity contribution in [1.82, 2.24) is 15.3 Å². The van der Waals surface area contributed by atoms with Crippen LogP contribution in [0.25, 0.3) is 0 Å². The van der Waals surface area contributed by atoms with E-state index in [1.54, 1.807) is 4.68 Å². The Morgan fingerprint density at radius 3 is 2.80 bits per heavy atom. The molecule has 2 amide bonds. The summed E-state index contributed by atoms with van der Waals surface area (Å²) in [6.45, 7) is 4.08. The highest BCUT2D eigenvalue weighted by molar-refractivity contribution is 5.88. The van der Waals surface area contributed by atoms with Crippen LogP contribution in [-0.2, 0) is 11.9 Å². The number of nitrogens with one attached hydrogen (secondary N) is 2. The standard InChI is InChI=1S/C9H16N4O2/c1-6(2)7-5-13(3)11-8(7)10-9(14)12-15-4/h5-6H,1-4H3,(H2,10,11,12,14). The number of nitrogens with zero attached hydrogens (tertiary/aromatic N) is 2. The van der Waals surface area contributed by atoms with E-state index in [0.29, 0.717) is 11.7 Å². The van der Waals surface area contributed by atoms with Gasteiger partial charge in [0.1, 0.15) is 0 Å². The molecule has 84 valence electrons. The van der Waals surface area contributed by atoms with Crippen molar-refractivity contribution in [2.24, 2.45) is 7.05 Å². The maximum absolute atomic E-state index is 11.2. The van der Waals surface area contributed by atoms with Crippen molar-refractivity contribution in [3.8, 4) is 0 Å². The molecule has 6 heteroatoms. The third-order valence-corrected chi connectivity index (χ3v) is 1.91.